The number of carbonyl (C=O) groups excluding carboxylic acids is 2. The first-order chi connectivity index (χ1) is 12.7. The molecule has 0 aromatic carbocycles. The number of rotatable bonds is 4. The molecule has 5 unspecified atom stereocenters. The van der Waals surface area contributed by atoms with Crippen LogP contribution in [0.25, 0.3) is 0 Å². The van der Waals surface area contributed by atoms with Gasteiger partial charge in [-0.3, -0.25) is 9.59 Å². The van der Waals surface area contributed by atoms with E-state index in [1.54, 1.807) is 25.2 Å². The summed E-state index contributed by atoms with van der Waals surface area (Å²) in [5.74, 6) is -0.774. The van der Waals surface area contributed by atoms with Crippen LogP contribution in [-0.4, -0.2) is 46.6 Å². The summed E-state index contributed by atoms with van der Waals surface area (Å²) in [7, 11) is 0. The van der Waals surface area contributed by atoms with Gasteiger partial charge in [0, 0.05) is 13.3 Å². The van der Waals surface area contributed by atoms with Crippen molar-refractivity contribution in [1.29, 1.82) is 0 Å². The quantitative estimate of drug-likeness (QED) is 0.443. The summed E-state index contributed by atoms with van der Waals surface area (Å²) in [6.45, 7) is 6.82. The second-order valence-electron chi connectivity index (χ2n) is 7.17. The monoisotopic (exact) mass is 380 g/mol. The van der Waals surface area contributed by atoms with E-state index in [0.717, 1.165) is 5.57 Å². The first-order valence-electron chi connectivity index (χ1n) is 9.43. The number of aliphatic hydroxyl groups is 2. The minimum Gasteiger partial charge on any atom is -0.458 e. The molecule has 0 saturated carbocycles. The summed E-state index contributed by atoms with van der Waals surface area (Å²) in [6.07, 6.45) is 7.99. The Labute approximate surface area is 161 Å². The van der Waals surface area contributed by atoms with Crippen molar-refractivity contribution in [3.05, 3.63) is 36.0 Å². The summed E-state index contributed by atoms with van der Waals surface area (Å²) >= 11 is 0. The van der Waals surface area contributed by atoms with Crippen molar-refractivity contribution in [2.75, 3.05) is 0 Å². The summed E-state index contributed by atoms with van der Waals surface area (Å²) < 4.78 is 10.9. The molecule has 1 heterocycles. The Morgan fingerprint density at radius 3 is 2.70 bits per heavy atom. The lowest BCUT2D eigenvalue weighted by Gasteiger charge is -2.24. The molecule has 0 amide bonds. The third-order valence-electron chi connectivity index (χ3n) is 4.43. The molecular weight excluding hydrogens is 348 g/mol. The Morgan fingerprint density at radius 2 is 2.07 bits per heavy atom. The number of ether oxygens (including phenoxy) is 2. The molecule has 5 atom stereocenters. The minimum absolute atomic E-state index is 0.0271. The number of esters is 2. The van der Waals surface area contributed by atoms with Crippen LogP contribution >= 0.6 is 0 Å². The van der Waals surface area contributed by atoms with Crippen molar-refractivity contribution >= 4 is 11.9 Å². The molecule has 0 aromatic heterocycles. The molecule has 0 spiro atoms. The van der Waals surface area contributed by atoms with E-state index in [1.165, 1.54) is 6.92 Å². The van der Waals surface area contributed by atoms with Crippen LogP contribution in [0.2, 0.25) is 0 Å². The molecule has 2 N–H and O–H groups in total. The predicted molar refractivity (Wildman–Crippen MR) is 103 cm³/mol. The maximum absolute atomic E-state index is 12.1. The van der Waals surface area contributed by atoms with Crippen LogP contribution in [0.5, 0.6) is 0 Å². The van der Waals surface area contributed by atoms with Gasteiger partial charge in [0.1, 0.15) is 12.2 Å². The van der Waals surface area contributed by atoms with E-state index in [4.69, 9.17) is 9.47 Å². The Bertz CT molecular complexity index is 575. The zero-order valence-electron chi connectivity index (χ0n) is 16.6. The summed E-state index contributed by atoms with van der Waals surface area (Å²) in [5.41, 5.74) is 0.813. The SMILES string of the molecule is CC(=O)OC1C=CCC(C(C)=CC=CC(C)O)OC(=O)CC(O)CCC1C. The van der Waals surface area contributed by atoms with E-state index in [1.807, 2.05) is 26.0 Å². The smallest absolute Gasteiger partial charge is 0.309 e. The normalized spacial score (nSPS) is 29.6. The molecule has 0 saturated heterocycles. The molecule has 0 bridgehead atoms. The second-order valence-corrected chi connectivity index (χ2v) is 7.17. The van der Waals surface area contributed by atoms with Crippen molar-refractivity contribution in [2.24, 2.45) is 5.92 Å². The number of hydrogen-bond acceptors (Lipinski definition) is 6. The van der Waals surface area contributed by atoms with Gasteiger partial charge in [0.2, 0.25) is 0 Å². The Morgan fingerprint density at radius 1 is 1.37 bits per heavy atom. The van der Waals surface area contributed by atoms with Crippen molar-refractivity contribution in [2.45, 2.75) is 77.8 Å². The maximum Gasteiger partial charge on any atom is 0.309 e. The maximum atomic E-state index is 12.1. The highest BCUT2D eigenvalue weighted by molar-refractivity contribution is 5.70. The fourth-order valence-corrected chi connectivity index (χ4v) is 2.80. The average molecular weight is 380 g/mol. The summed E-state index contributed by atoms with van der Waals surface area (Å²) in [4.78, 5) is 23.5. The van der Waals surface area contributed by atoms with Crippen LogP contribution in [0, 0.1) is 5.92 Å². The standard InChI is InChI=1S/C21H32O6/c1-14(7-5-8-16(3)22)20-10-6-9-19(26-17(4)23)15(2)11-12-18(24)13-21(25)27-20/h5-9,15-16,18-20,22,24H,10-13H2,1-4H3. The number of cyclic esters (lactones) is 1. The first kappa shape index (κ1) is 23.1. The van der Waals surface area contributed by atoms with Gasteiger partial charge in [-0.15, -0.1) is 0 Å². The zero-order valence-corrected chi connectivity index (χ0v) is 16.6. The highest BCUT2D eigenvalue weighted by Gasteiger charge is 2.23. The van der Waals surface area contributed by atoms with Gasteiger partial charge in [-0.25, -0.2) is 0 Å². The number of carbonyl (C=O) groups is 2. The molecule has 0 aliphatic carbocycles. The van der Waals surface area contributed by atoms with Crippen molar-refractivity contribution in [1.82, 2.24) is 0 Å². The van der Waals surface area contributed by atoms with Gasteiger partial charge in [-0.05, 0) is 44.3 Å². The third-order valence-corrected chi connectivity index (χ3v) is 4.43. The van der Waals surface area contributed by atoms with Crippen molar-refractivity contribution in [3.63, 3.8) is 0 Å². The van der Waals surface area contributed by atoms with E-state index < -0.39 is 24.3 Å². The summed E-state index contributed by atoms with van der Waals surface area (Å²) in [5, 5.41) is 19.4. The molecular formula is C21H32O6. The zero-order chi connectivity index (χ0) is 20.4. The molecule has 1 aliphatic heterocycles. The molecule has 6 nitrogen and oxygen atoms in total. The van der Waals surface area contributed by atoms with Gasteiger partial charge in [-0.2, -0.15) is 0 Å². The molecule has 0 radical (unpaired) electrons. The van der Waals surface area contributed by atoms with E-state index in [9.17, 15) is 19.8 Å². The third kappa shape index (κ3) is 9.54. The number of allylic oxidation sites excluding steroid dienone is 2. The second kappa shape index (κ2) is 11.7. The van der Waals surface area contributed by atoms with Crippen LogP contribution in [-0.2, 0) is 19.1 Å². The number of hydrogen-bond donors (Lipinski definition) is 2. The Balaban J connectivity index is 3.01. The molecule has 6 heteroatoms. The molecule has 0 fully saturated rings. The van der Waals surface area contributed by atoms with Gasteiger partial charge in [0.15, 0.2) is 0 Å². The summed E-state index contributed by atoms with van der Waals surface area (Å²) in [6, 6.07) is 0. The van der Waals surface area contributed by atoms with Gasteiger partial charge >= 0.3 is 11.9 Å². The Kier molecular flexibility index (Phi) is 10.0. The predicted octanol–water partition coefficient (Wildman–Crippen LogP) is 2.84. The van der Waals surface area contributed by atoms with Crippen LogP contribution in [0.15, 0.2) is 36.0 Å². The molecule has 1 rings (SSSR count). The lowest BCUT2D eigenvalue weighted by atomic mass is 9.94. The highest BCUT2D eigenvalue weighted by atomic mass is 16.5. The lowest BCUT2D eigenvalue weighted by Crippen LogP contribution is -2.27. The van der Waals surface area contributed by atoms with Crippen LogP contribution in [0.1, 0.15) is 53.4 Å². The first-order valence-corrected chi connectivity index (χ1v) is 9.43. The van der Waals surface area contributed by atoms with Gasteiger partial charge < -0.3 is 19.7 Å². The van der Waals surface area contributed by atoms with E-state index in [0.29, 0.717) is 19.3 Å². The lowest BCUT2D eigenvalue weighted by molar-refractivity contribution is -0.149. The van der Waals surface area contributed by atoms with Crippen molar-refractivity contribution < 1.29 is 29.3 Å². The van der Waals surface area contributed by atoms with E-state index >= 15 is 0 Å². The van der Waals surface area contributed by atoms with Crippen LogP contribution in [0.4, 0.5) is 0 Å². The van der Waals surface area contributed by atoms with Gasteiger partial charge in [0.25, 0.3) is 0 Å². The molecule has 1 aliphatic rings. The van der Waals surface area contributed by atoms with Gasteiger partial charge in [-0.1, -0.05) is 31.2 Å². The largest absolute Gasteiger partial charge is 0.458 e. The molecule has 0 aromatic rings. The topological polar surface area (TPSA) is 93.1 Å². The number of aliphatic hydroxyl groups excluding tert-OH is 2. The van der Waals surface area contributed by atoms with E-state index in [-0.39, 0.29) is 24.4 Å². The van der Waals surface area contributed by atoms with Crippen LogP contribution < -0.4 is 0 Å². The average Bonchev–Trinajstić information content (AvgIpc) is 2.56. The highest BCUT2D eigenvalue weighted by Crippen LogP contribution is 2.21. The van der Waals surface area contributed by atoms with Crippen LogP contribution in [0.3, 0.4) is 0 Å². The van der Waals surface area contributed by atoms with E-state index in [2.05, 4.69) is 0 Å². The Hall–Kier alpha value is -1.92. The minimum atomic E-state index is -0.790. The molecule has 27 heavy (non-hydrogen) atoms. The molecule has 152 valence electrons. The van der Waals surface area contributed by atoms with Crippen molar-refractivity contribution in [3.8, 4) is 0 Å². The fourth-order valence-electron chi connectivity index (χ4n) is 2.80. The van der Waals surface area contributed by atoms with Gasteiger partial charge in [0.05, 0.1) is 18.6 Å². The fraction of sp³-hybridized carbons (Fsp3) is 0.619.